The number of carbonyl (C=O) groups excluding carboxylic acids is 2. The van der Waals surface area contributed by atoms with Crippen molar-refractivity contribution in [3.63, 3.8) is 0 Å². The van der Waals surface area contributed by atoms with Crippen LogP contribution in [0.2, 0.25) is 5.02 Å². The van der Waals surface area contributed by atoms with Gasteiger partial charge in [0.05, 0.1) is 5.75 Å². The smallest absolute Gasteiger partial charge is 0.242 e. The molecule has 1 N–H and O–H groups in total. The Morgan fingerprint density at radius 3 is 2.64 bits per heavy atom. The SMILES string of the molecule is CCNC(=O)[C@H](C)N(Cc1cccc(Br)c1)C(=O)CSCc1ccccc1Cl. The number of halogens is 2. The second-order valence-corrected chi connectivity index (χ2v) is 8.61. The molecule has 0 saturated heterocycles. The van der Waals surface area contributed by atoms with Crippen molar-refractivity contribution in [1.29, 1.82) is 0 Å². The fraction of sp³-hybridized carbons (Fsp3) is 0.333. The number of carbonyl (C=O) groups is 2. The second kappa shape index (κ2) is 11.5. The predicted octanol–water partition coefficient (Wildman–Crippen LogP) is 4.89. The van der Waals surface area contributed by atoms with Gasteiger partial charge in [-0.25, -0.2) is 0 Å². The standard InChI is InChI=1S/C21H24BrClN2O2S/c1-3-24-21(27)15(2)25(12-16-7-6-9-18(22)11-16)20(26)14-28-13-17-8-4-5-10-19(17)23/h4-11,15H,3,12-14H2,1-2H3,(H,24,27)/t15-/m0/s1. The van der Waals surface area contributed by atoms with Crippen molar-refractivity contribution in [3.8, 4) is 0 Å². The number of hydrogen-bond acceptors (Lipinski definition) is 3. The molecule has 2 rings (SSSR count). The van der Waals surface area contributed by atoms with Crippen LogP contribution in [-0.4, -0.2) is 35.1 Å². The van der Waals surface area contributed by atoms with Crippen LogP contribution in [0.4, 0.5) is 0 Å². The maximum atomic E-state index is 12.9. The van der Waals surface area contributed by atoms with Gasteiger partial charge < -0.3 is 10.2 Å². The molecule has 0 unspecified atom stereocenters. The van der Waals surface area contributed by atoms with Crippen LogP contribution >= 0.6 is 39.3 Å². The fourth-order valence-electron chi connectivity index (χ4n) is 2.68. The zero-order valence-electron chi connectivity index (χ0n) is 16.0. The van der Waals surface area contributed by atoms with Crippen LogP contribution in [0.25, 0.3) is 0 Å². The molecular weight excluding hydrogens is 460 g/mol. The van der Waals surface area contributed by atoms with Gasteiger partial charge in [-0.15, -0.1) is 11.8 Å². The summed E-state index contributed by atoms with van der Waals surface area (Å²) < 4.78 is 0.941. The molecule has 0 heterocycles. The average molecular weight is 484 g/mol. The van der Waals surface area contributed by atoms with Gasteiger partial charge in [0.1, 0.15) is 6.04 Å². The third-order valence-electron chi connectivity index (χ3n) is 4.20. The molecule has 1 atom stereocenters. The minimum absolute atomic E-state index is 0.0733. The molecule has 0 spiro atoms. The Morgan fingerprint density at radius 2 is 1.96 bits per heavy atom. The number of nitrogens with zero attached hydrogens (tertiary/aromatic N) is 1. The third-order valence-corrected chi connectivity index (χ3v) is 6.03. The molecule has 0 saturated carbocycles. The summed E-state index contributed by atoms with van der Waals surface area (Å²) in [5, 5.41) is 3.50. The molecule has 2 amide bonds. The van der Waals surface area contributed by atoms with E-state index < -0.39 is 6.04 Å². The zero-order chi connectivity index (χ0) is 20.5. The Hall–Kier alpha value is -1.50. The summed E-state index contributed by atoms with van der Waals surface area (Å²) in [5.41, 5.74) is 1.97. The first-order chi connectivity index (χ1) is 13.4. The quantitative estimate of drug-likeness (QED) is 0.552. The van der Waals surface area contributed by atoms with Crippen molar-refractivity contribution < 1.29 is 9.59 Å². The lowest BCUT2D eigenvalue weighted by atomic mass is 10.1. The van der Waals surface area contributed by atoms with Crippen molar-refractivity contribution in [1.82, 2.24) is 10.2 Å². The van der Waals surface area contributed by atoms with E-state index in [0.717, 1.165) is 15.6 Å². The molecule has 0 fully saturated rings. The Kier molecular flexibility index (Phi) is 9.35. The van der Waals surface area contributed by atoms with Gasteiger partial charge in [-0.1, -0.05) is 57.9 Å². The maximum Gasteiger partial charge on any atom is 0.242 e. The van der Waals surface area contributed by atoms with E-state index in [9.17, 15) is 9.59 Å². The topological polar surface area (TPSA) is 49.4 Å². The van der Waals surface area contributed by atoms with Crippen LogP contribution in [-0.2, 0) is 21.9 Å². The van der Waals surface area contributed by atoms with Crippen LogP contribution in [0, 0.1) is 0 Å². The highest BCUT2D eigenvalue weighted by molar-refractivity contribution is 9.10. The Morgan fingerprint density at radius 1 is 1.21 bits per heavy atom. The molecule has 2 aromatic carbocycles. The van der Waals surface area contributed by atoms with Gasteiger partial charge in [-0.05, 0) is 43.2 Å². The van der Waals surface area contributed by atoms with Gasteiger partial charge in [0.15, 0.2) is 0 Å². The number of nitrogens with one attached hydrogen (secondary N) is 1. The van der Waals surface area contributed by atoms with E-state index in [2.05, 4.69) is 21.2 Å². The summed E-state index contributed by atoms with van der Waals surface area (Å²) in [6.07, 6.45) is 0. The number of amides is 2. The van der Waals surface area contributed by atoms with Crippen LogP contribution in [0.3, 0.4) is 0 Å². The fourth-order valence-corrected chi connectivity index (χ4v) is 4.33. The molecule has 7 heteroatoms. The number of rotatable bonds is 9. The van der Waals surface area contributed by atoms with Crippen molar-refractivity contribution in [2.45, 2.75) is 32.2 Å². The first-order valence-electron chi connectivity index (χ1n) is 9.05. The van der Waals surface area contributed by atoms with Gasteiger partial charge in [0.25, 0.3) is 0 Å². The van der Waals surface area contributed by atoms with Gasteiger partial charge in [0, 0.05) is 28.3 Å². The number of hydrogen-bond donors (Lipinski definition) is 1. The van der Waals surface area contributed by atoms with Gasteiger partial charge in [0.2, 0.25) is 11.8 Å². The summed E-state index contributed by atoms with van der Waals surface area (Å²) in [6, 6.07) is 14.8. The summed E-state index contributed by atoms with van der Waals surface area (Å²) >= 11 is 11.1. The molecule has 150 valence electrons. The van der Waals surface area contributed by atoms with E-state index in [0.29, 0.717) is 23.9 Å². The first kappa shape index (κ1) is 22.8. The zero-order valence-corrected chi connectivity index (χ0v) is 19.1. The highest BCUT2D eigenvalue weighted by Crippen LogP contribution is 2.22. The summed E-state index contributed by atoms with van der Waals surface area (Å²) in [6.45, 7) is 4.54. The Balaban J connectivity index is 2.07. The highest BCUT2D eigenvalue weighted by atomic mass is 79.9. The molecule has 0 aromatic heterocycles. The van der Waals surface area contributed by atoms with E-state index in [1.165, 1.54) is 11.8 Å². The number of thioether (sulfide) groups is 1. The highest BCUT2D eigenvalue weighted by Gasteiger charge is 2.25. The van der Waals surface area contributed by atoms with Crippen LogP contribution < -0.4 is 5.32 Å². The van der Waals surface area contributed by atoms with Crippen LogP contribution in [0.1, 0.15) is 25.0 Å². The van der Waals surface area contributed by atoms with E-state index in [-0.39, 0.29) is 17.6 Å². The van der Waals surface area contributed by atoms with E-state index in [4.69, 9.17) is 11.6 Å². The van der Waals surface area contributed by atoms with Gasteiger partial charge >= 0.3 is 0 Å². The normalized spacial score (nSPS) is 11.7. The molecule has 4 nitrogen and oxygen atoms in total. The van der Waals surface area contributed by atoms with Crippen molar-refractivity contribution >= 4 is 51.1 Å². The first-order valence-corrected chi connectivity index (χ1v) is 11.4. The monoisotopic (exact) mass is 482 g/mol. The molecule has 0 aliphatic rings. The van der Waals surface area contributed by atoms with E-state index >= 15 is 0 Å². The van der Waals surface area contributed by atoms with Crippen LogP contribution in [0.15, 0.2) is 53.0 Å². The molecule has 28 heavy (non-hydrogen) atoms. The minimum Gasteiger partial charge on any atom is -0.355 e. The minimum atomic E-state index is -0.549. The predicted molar refractivity (Wildman–Crippen MR) is 120 cm³/mol. The average Bonchev–Trinajstić information content (AvgIpc) is 2.67. The largest absolute Gasteiger partial charge is 0.355 e. The number of likely N-dealkylation sites (N-methyl/N-ethyl adjacent to an activating group) is 1. The van der Waals surface area contributed by atoms with E-state index in [1.54, 1.807) is 11.8 Å². The molecular formula is C21H24BrClN2O2S. The number of benzene rings is 2. The van der Waals surface area contributed by atoms with E-state index in [1.807, 2.05) is 55.5 Å². The van der Waals surface area contributed by atoms with Gasteiger partial charge in [-0.2, -0.15) is 0 Å². The second-order valence-electron chi connectivity index (χ2n) is 6.31. The van der Waals surface area contributed by atoms with Gasteiger partial charge in [-0.3, -0.25) is 9.59 Å². The lowest BCUT2D eigenvalue weighted by molar-refractivity contribution is -0.138. The molecule has 0 bridgehead atoms. The van der Waals surface area contributed by atoms with Crippen LogP contribution in [0.5, 0.6) is 0 Å². The molecule has 0 aliphatic carbocycles. The summed E-state index contributed by atoms with van der Waals surface area (Å²) in [5.74, 6) is 0.701. The maximum absolute atomic E-state index is 12.9. The molecule has 0 radical (unpaired) electrons. The Bertz CT molecular complexity index is 818. The third kappa shape index (κ3) is 6.83. The Labute approximate surface area is 184 Å². The van der Waals surface area contributed by atoms with Crippen molar-refractivity contribution in [3.05, 3.63) is 69.2 Å². The molecule has 0 aliphatic heterocycles. The lowest BCUT2D eigenvalue weighted by Gasteiger charge is -2.28. The van der Waals surface area contributed by atoms with Crippen molar-refractivity contribution in [2.75, 3.05) is 12.3 Å². The lowest BCUT2D eigenvalue weighted by Crippen LogP contribution is -2.48. The summed E-state index contributed by atoms with van der Waals surface area (Å²) in [7, 11) is 0. The van der Waals surface area contributed by atoms with Crippen molar-refractivity contribution in [2.24, 2.45) is 0 Å². The molecule has 2 aromatic rings. The summed E-state index contributed by atoms with van der Waals surface area (Å²) in [4.78, 5) is 26.9.